The summed E-state index contributed by atoms with van der Waals surface area (Å²) in [7, 11) is 0. The second-order valence-corrected chi connectivity index (χ2v) is 3.08. The van der Waals surface area contributed by atoms with E-state index in [0.717, 1.165) is 17.8 Å². The number of carbonyl (C=O) groups is 1. The smallest absolute Gasteiger partial charge is 0.302 e. The van der Waals surface area contributed by atoms with Crippen molar-refractivity contribution < 1.29 is 9.53 Å². The number of likely N-dealkylation sites (N-methyl/N-ethyl adjacent to an activating group) is 1. The Bertz CT molecular complexity index is 314. The summed E-state index contributed by atoms with van der Waals surface area (Å²) in [6.07, 6.45) is 7.10. The second-order valence-electron chi connectivity index (χ2n) is 3.08. The maximum atomic E-state index is 10.6. The molecule has 0 unspecified atom stereocenters. The molecule has 0 rings (SSSR count). The molecule has 0 amide bonds. The largest absolute Gasteiger partial charge is 0.461 e. The molecule has 0 spiro atoms. The second kappa shape index (κ2) is 8.53. The standard InChI is InChI=1S/C13H19NO2/c1-5-12(10-16-11(4)15)8-9-13(6-2)14-7-3/h5-6,8-9,14H,1-2,7,10H2,3-4H3/b12-8+,13-9+. The van der Waals surface area contributed by atoms with Gasteiger partial charge in [-0.25, -0.2) is 0 Å². The van der Waals surface area contributed by atoms with Crippen molar-refractivity contribution >= 4 is 5.97 Å². The summed E-state index contributed by atoms with van der Waals surface area (Å²) in [6.45, 7) is 11.8. The number of rotatable bonds is 7. The van der Waals surface area contributed by atoms with Gasteiger partial charge in [0, 0.05) is 19.2 Å². The van der Waals surface area contributed by atoms with Crippen LogP contribution in [0.4, 0.5) is 0 Å². The van der Waals surface area contributed by atoms with Gasteiger partial charge in [-0.3, -0.25) is 4.79 Å². The van der Waals surface area contributed by atoms with Gasteiger partial charge in [0.2, 0.25) is 0 Å². The first kappa shape index (κ1) is 14.2. The summed E-state index contributed by atoms with van der Waals surface area (Å²) in [5.74, 6) is -0.299. The van der Waals surface area contributed by atoms with Crippen molar-refractivity contribution in [3.05, 3.63) is 48.7 Å². The van der Waals surface area contributed by atoms with Gasteiger partial charge in [0.05, 0.1) is 0 Å². The lowest BCUT2D eigenvalue weighted by Gasteiger charge is -2.03. The highest BCUT2D eigenvalue weighted by Crippen LogP contribution is 2.00. The quantitative estimate of drug-likeness (QED) is 0.529. The van der Waals surface area contributed by atoms with E-state index in [-0.39, 0.29) is 12.6 Å². The molecule has 0 aliphatic rings. The number of hydrogen-bond donors (Lipinski definition) is 1. The summed E-state index contributed by atoms with van der Waals surface area (Å²) >= 11 is 0. The van der Waals surface area contributed by atoms with E-state index in [0.29, 0.717) is 0 Å². The van der Waals surface area contributed by atoms with Crippen molar-refractivity contribution in [1.82, 2.24) is 5.32 Å². The highest BCUT2D eigenvalue weighted by molar-refractivity contribution is 5.66. The van der Waals surface area contributed by atoms with Crippen molar-refractivity contribution in [1.29, 1.82) is 0 Å². The maximum absolute atomic E-state index is 10.6. The lowest BCUT2D eigenvalue weighted by atomic mass is 10.2. The molecule has 0 aliphatic carbocycles. The molecule has 0 radical (unpaired) electrons. The van der Waals surface area contributed by atoms with Crippen LogP contribution in [0.5, 0.6) is 0 Å². The van der Waals surface area contributed by atoms with Crippen LogP contribution in [0.3, 0.4) is 0 Å². The third-order valence-corrected chi connectivity index (χ3v) is 1.78. The molecular formula is C13H19NO2. The Kier molecular flexibility index (Phi) is 7.59. The molecule has 16 heavy (non-hydrogen) atoms. The van der Waals surface area contributed by atoms with Gasteiger partial charge in [-0.2, -0.15) is 0 Å². The third-order valence-electron chi connectivity index (χ3n) is 1.78. The van der Waals surface area contributed by atoms with E-state index < -0.39 is 0 Å². The summed E-state index contributed by atoms with van der Waals surface area (Å²) in [5, 5.41) is 3.13. The first-order valence-corrected chi connectivity index (χ1v) is 5.17. The molecule has 0 bridgehead atoms. The normalized spacial score (nSPS) is 11.9. The molecule has 0 saturated heterocycles. The minimum Gasteiger partial charge on any atom is -0.461 e. The molecule has 0 aromatic carbocycles. The minimum atomic E-state index is -0.299. The van der Waals surface area contributed by atoms with E-state index >= 15 is 0 Å². The topological polar surface area (TPSA) is 38.3 Å². The molecule has 0 aliphatic heterocycles. The van der Waals surface area contributed by atoms with E-state index in [4.69, 9.17) is 4.74 Å². The average molecular weight is 221 g/mol. The average Bonchev–Trinajstić information content (AvgIpc) is 2.27. The van der Waals surface area contributed by atoms with Crippen molar-refractivity contribution in [2.24, 2.45) is 0 Å². The fourth-order valence-corrected chi connectivity index (χ4v) is 0.960. The molecule has 0 aromatic heterocycles. The number of hydrogen-bond acceptors (Lipinski definition) is 3. The van der Waals surface area contributed by atoms with Crippen molar-refractivity contribution in [2.75, 3.05) is 13.2 Å². The lowest BCUT2D eigenvalue weighted by molar-refractivity contribution is -0.139. The summed E-state index contributed by atoms with van der Waals surface area (Å²) < 4.78 is 4.87. The molecule has 0 fully saturated rings. The van der Waals surface area contributed by atoms with Gasteiger partial charge in [0.1, 0.15) is 6.61 Å². The number of ether oxygens (including phenoxy) is 1. The molecule has 1 N–H and O–H groups in total. The first-order valence-electron chi connectivity index (χ1n) is 5.17. The summed E-state index contributed by atoms with van der Waals surface area (Å²) in [6, 6.07) is 0. The van der Waals surface area contributed by atoms with Crippen LogP contribution in [-0.2, 0) is 9.53 Å². The van der Waals surface area contributed by atoms with E-state index in [1.165, 1.54) is 6.92 Å². The van der Waals surface area contributed by atoms with E-state index in [9.17, 15) is 4.79 Å². The van der Waals surface area contributed by atoms with Gasteiger partial charge in [0.15, 0.2) is 0 Å². The van der Waals surface area contributed by atoms with Gasteiger partial charge in [-0.1, -0.05) is 25.3 Å². The number of carbonyl (C=O) groups excluding carboxylic acids is 1. The molecule has 3 heteroatoms. The van der Waals surface area contributed by atoms with E-state index in [1.54, 1.807) is 12.2 Å². The highest BCUT2D eigenvalue weighted by Gasteiger charge is 1.95. The number of allylic oxidation sites excluding steroid dienone is 3. The molecule has 0 heterocycles. The maximum Gasteiger partial charge on any atom is 0.302 e. The van der Waals surface area contributed by atoms with Crippen LogP contribution in [0.2, 0.25) is 0 Å². The predicted molar refractivity (Wildman–Crippen MR) is 66.9 cm³/mol. The Morgan fingerprint density at radius 2 is 2.00 bits per heavy atom. The van der Waals surface area contributed by atoms with Gasteiger partial charge in [-0.15, -0.1) is 0 Å². The van der Waals surface area contributed by atoms with Crippen LogP contribution < -0.4 is 5.32 Å². The lowest BCUT2D eigenvalue weighted by Crippen LogP contribution is -2.09. The Balaban J connectivity index is 4.49. The zero-order valence-electron chi connectivity index (χ0n) is 9.95. The van der Waals surface area contributed by atoms with Crippen LogP contribution in [0.15, 0.2) is 48.7 Å². The molecule has 0 saturated carbocycles. The van der Waals surface area contributed by atoms with Crippen LogP contribution in [-0.4, -0.2) is 19.1 Å². The Morgan fingerprint density at radius 3 is 2.44 bits per heavy atom. The number of nitrogens with one attached hydrogen (secondary N) is 1. The molecule has 0 atom stereocenters. The van der Waals surface area contributed by atoms with Crippen LogP contribution in [0.25, 0.3) is 0 Å². The monoisotopic (exact) mass is 221 g/mol. The van der Waals surface area contributed by atoms with Crippen molar-refractivity contribution in [3.63, 3.8) is 0 Å². The minimum absolute atomic E-state index is 0.242. The van der Waals surface area contributed by atoms with Crippen molar-refractivity contribution in [3.8, 4) is 0 Å². The summed E-state index contributed by atoms with van der Waals surface area (Å²) in [5.41, 5.74) is 1.76. The SMILES string of the molecule is C=C/C(=C\C=C(/C=C)NCC)COC(C)=O. The molecule has 0 aromatic rings. The molecule has 88 valence electrons. The van der Waals surface area contributed by atoms with E-state index in [2.05, 4.69) is 18.5 Å². The molecule has 3 nitrogen and oxygen atoms in total. The highest BCUT2D eigenvalue weighted by atomic mass is 16.5. The summed E-state index contributed by atoms with van der Waals surface area (Å²) in [4.78, 5) is 10.6. The zero-order chi connectivity index (χ0) is 12.4. The van der Waals surface area contributed by atoms with E-state index in [1.807, 2.05) is 19.1 Å². The molecular weight excluding hydrogens is 202 g/mol. The predicted octanol–water partition coefficient (Wildman–Crippen LogP) is 2.34. The Labute approximate surface area is 97.2 Å². The van der Waals surface area contributed by atoms with Gasteiger partial charge >= 0.3 is 5.97 Å². The van der Waals surface area contributed by atoms with Crippen LogP contribution in [0.1, 0.15) is 13.8 Å². The Hall–Kier alpha value is -1.77. The van der Waals surface area contributed by atoms with Gasteiger partial charge in [-0.05, 0) is 24.6 Å². The van der Waals surface area contributed by atoms with Gasteiger partial charge < -0.3 is 10.1 Å². The Morgan fingerprint density at radius 1 is 1.31 bits per heavy atom. The zero-order valence-corrected chi connectivity index (χ0v) is 9.95. The number of esters is 1. The fourth-order valence-electron chi connectivity index (χ4n) is 0.960. The third kappa shape index (κ3) is 6.65. The first-order chi connectivity index (χ1) is 7.63. The van der Waals surface area contributed by atoms with Crippen LogP contribution >= 0.6 is 0 Å². The van der Waals surface area contributed by atoms with Crippen molar-refractivity contribution in [2.45, 2.75) is 13.8 Å². The fraction of sp³-hybridized carbons (Fsp3) is 0.308. The van der Waals surface area contributed by atoms with Gasteiger partial charge in [0.25, 0.3) is 0 Å². The van der Waals surface area contributed by atoms with Crippen LogP contribution in [0, 0.1) is 0 Å².